The lowest BCUT2D eigenvalue weighted by Gasteiger charge is -2.46. The van der Waals surface area contributed by atoms with Crippen LogP contribution >= 0.6 is 0 Å². The van der Waals surface area contributed by atoms with Crippen molar-refractivity contribution in [2.45, 2.75) is 325 Å². The predicted molar refractivity (Wildman–Crippen MR) is 346 cm³/mol. The molecular formula is C71H123NO13. The van der Waals surface area contributed by atoms with Crippen LogP contribution in [-0.2, 0) is 23.7 Å². The third-order valence-electron chi connectivity index (χ3n) is 16.0. The highest BCUT2D eigenvalue weighted by Gasteiger charge is 2.51. The number of nitrogens with one attached hydrogen (secondary N) is 1. The van der Waals surface area contributed by atoms with E-state index in [0.717, 1.165) is 77.0 Å². The van der Waals surface area contributed by atoms with Gasteiger partial charge in [-0.25, -0.2) is 0 Å². The molecule has 0 radical (unpaired) electrons. The average Bonchev–Trinajstić information content (AvgIpc) is 3.65. The third-order valence-corrected chi connectivity index (χ3v) is 16.0. The number of aliphatic hydroxyl groups excluding tert-OH is 8. The van der Waals surface area contributed by atoms with E-state index in [9.17, 15) is 45.6 Å². The molecule has 1 amide bonds. The van der Waals surface area contributed by atoms with Crippen molar-refractivity contribution >= 4 is 5.91 Å². The van der Waals surface area contributed by atoms with Gasteiger partial charge in [0.05, 0.1) is 32.0 Å². The van der Waals surface area contributed by atoms with Crippen LogP contribution in [0.15, 0.2) is 97.2 Å². The molecule has 2 saturated heterocycles. The Morgan fingerprint density at radius 3 is 1.29 bits per heavy atom. The number of allylic oxidation sites excluding steroid dienone is 15. The molecule has 490 valence electrons. The van der Waals surface area contributed by atoms with E-state index in [0.29, 0.717) is 12.8 Å². The number of aliphatic hydroxyl groups is 8. The summed E-state index contributed by atoms with van der Waals surface area (Å²) in [6.07, 6.45) is 60.5. The Labute approximate surface area is 515 Å². The second-order valence-electron chi connectivity index (χ2n) is 23.5. The maximum Gasteiger partial charge on any atom is 0.220 e. The highest BCUT2D eigenvalue weighted by Crippen LogP contribution is 2.30. The lowest BCUT2D eigenvalue weighted by molar-refractivity contribution is -0.359. The fourth-order valence-corrected chi connectivity index (χ4v) is 10.6. The first-order valence-electron chi connectivity index (χ1n) is 34.0. The van der Waals surface area contributed by atoms with Crippen LogP contribution in [0.25, 0.3) is 0 Å². The van der Waals surface area contributed by atoms with Crippen molar-refractivity contribution in [3.05, 3.63) is 97.2 Å². The molecule has 12 unspecified atom stereocenters. The van der Waals surface area contributed by atoms with Gasteiger partial charge in [0.2, 0.25) is 5.91 Å². The number of hydrogen-bond acceptors (Lipinski definition) is 13. The van der Waals surface area contributed by atoms with Crippen LogP contribution < -0.4 is 5.32 Å². The van der Waals surface area contributed by atoms with Gasteiger partial charge in [-0.2, -0.15) is 0 Å². The molecule has 2 aliphatic heterocycles. The summed E-state index contributed by atoms with van der Waals surface area (Å²) in [6.45, 7) is 2.64. The molecule has 0 aliphatic carbocycles. The highest BCUT2D eigenvalue weighted by atomic mass is 16.7. The van der Waals surface area contributed by atoms with Crippen LogP contribution in [0.1, 0.15) is 251 Å². The SMILES string of the molecule is CC/C=C\C/C=C\C/C=C\C/C=C\C/C=C\CCCCCCCCCCCCCCCCCCCCCCCC(=O)NC(COC1OC(CO)C(OC2OC(CO)C(O)C(O)C2O)C(O)C1O)C(O)/C=C/CC/C=C/CC/C=C/CCCCCC. The van der Waals surface area contributed by atoms with Crippen LogP contribution in [-0.4, -0.2) is 140 Å². The summed E-state index contributed by atoms with van der Waals surface area (Å²) in [6, 6.07) is -0.940. The zero-order chi connectivity index (χ0) is 61.6. The number of amides is 1. The first-order valence-corrected chi connectivity index (χ1v) is 34.0. The van der Waals surface area contributed by atoms with E-state index in [2.05, 4.69) is 104 Å². The largest absolute Gasteiger partial charge is 0.394 e. The molecule has 0 aromatic carbocycles. The maximum absolute atomic E-state index is 13.3. The van der Waals surface area contributed by atoms with E-state index < -0.39 is 86.8 Å². The van der Waals surface area contributed by atoms with Gasteiger partial charge in [-0.1, -0.05) is 252 Å². The first kappa shape index (κ1) is 78.0. The fourth-order valence-electron chi connectivity index (χ4n) is 10.6. The van der Waals surface area contributed by atoms with Gasteiger partial charge in [0.15, 0.2) is 12.6 Å². The fraction of sp³-hybridized carbons (Fsp3) is 0.761. The minimum Gasteiger partial charge on any atom is -0.394 e. The minimum absolute atomic E-state index is 0.254. The van der Waals surface area contributed by atoms with Crippen molar-refractivity contribution in [2.24, 2.45) is 0 Å². The second-order valence-corrected chi connectivity index (χ2v) is 23.5. The van der Waals surface area contributed by atoms with Crippen molar-refractivity contribution < 1.29 is 64.6 Å². The van der Waals surface area contributed by atoms with E-state index in [-0.39, 0.29) is 18.9 Å². The number of hydrogen-bond donors (Lipinski definition) is 9. The van der Waals surface area contributed by atoms with Gasteiger partial charge < -0.3 is 65.1 Å². The summed E-state index contributed by atoms with van der Waals surface area (Å²) < 4.78 is 22.8. The van der Waals surface area contributed by atoms with E-state index >= 15 is 0 Å². The summed E-state index contributed by atoms with van der Waals surface area (Å²) in [5.74, 6) is -0.254. The van der Waals surface area contributed by atoms with Crippen molar-refractivity contribution in [3.8, 4) is 0 Å². The van der Waals surface area contributed by atoms with Crippen LogP contribution in [0, 0.1) is 0 Å². The quantitative estimate of drug-likeness (QED) is 0.0204. The lowest BCUT2D eigenvalue weighted by Crippen LogP contribution is -2.65. The molecule has 0 bridgehead atoms. The number of rotatable bonds is 54. The van der Waals surface area contributed by atoms with Gasteiger partial charge in [-0.15, -0.1) is 0 Å². The van der Waals surface area contributed by atoms with Crippen LogP contribution in [0.3, 0.4) is 0 Å². The van der Waals surface area contributed by atoms with Gasteiger partial charge in [-0.05, 0) is 89.9 Å². The van der Waals surface area contributed by atoms with Crippen molar-refractivity contribution in [2.75, 3.05) is 19.8 Å². The standard InChI is InChI=1S/C71H123NO13/c1-3-5-7-9-11-13-15-17-19-20-21-22-23-24-25-26-27-28-29-30-31-32-33-34-35-36-37-38-39-40-41-43-45-47-49-51-53-55-63(76)72-59(60(75)54-52-50-48-46-44-42-18-16-14-12-10-8-6-4-2)58-82-70-68(81)66(79)69(62(57-74)84-70)85-71-67(80)65(78)64(77)61(56-73)83-71/h5,7,11,13-14,16-17,19,21-22,24-25,44,46,52,54,59-62,64-71,73-75,77-81H,3-4,6,8-10,12,15,18,20,23,26-43,45,47-51,53,55-58H2,1-2H3,(H,72,76)/b7-5-,13-11-,16-14+,19-17-,22-21-,25-24-,46-44+,54-52+. The van der Waals surface area contributed by atoms with Gasteiger partial charge in [0, 0.05) is 6.42 Å². The lowest BCUT2D eigenvalue weighted by atomic mass is 9.97. The number of ether oxygens (including phenoxy) is 4. The molecule has 0 aromatic heterocycles. The summed E-state index contributed by atoms with van der Waals surface area (Å²) in [5.41, 5.74) is 0. The predicted octanol–water partition coefficient (Wildman–Crippen LogP) is 13.4. The second kappa shape index (κ2) is 55.0. The van der Waals surface area contributed by atoms with E-state index in [1.165, 1.54) is 141 Å². The normalized spacial score (nSPS) is 24.2. The Bertz CT molecular complexity index is 1800. The molecule has 12 atom stereocenters. The molecule has 9 N–H and O–H groups in total. The van der Waals surface area contributed by atoms with Crippen LogP contribution in [0.2, 0.25) is 0 Å². The monoisotopic (exact) mass is 1200 g/mol. The molecule has 2 rings (SSSR count). The molecule has 2 heterocycles. The molecule has 0 aromatic rings. The van der Waals surface area contributed by atoms with E-state index in [4.69, 9.17) is 18.9 Å². The zero-order valence-corrected chi connectivity index (χ0v) is 53.1. The number of unbranched alkanes of at least 4 members (excludes halogenated alkanes) is 27. The van der Waals surface area contributed by atoms with Gasteiger partial charge in [-0.3, -0.25) is 4.79 Å². The average molecular weight is 1200 g/mol. The molecule has 14 heteroatoms. The molecule has 85 heavy (non-hydrogen) atoms. The molecule has 0 saturated carbocycles. The molecular weight excluding hydrogens is 1070 g/mol. The summed E-state index contributed by atoms with van der Waals surface area (Å²) in [5, 5.41) is 87.1. The molecule has 2 fully saturated rings. The summed E-state index contributed by atoms with van der Waals surface area (Å²) in [7, 11) is 0. The van der Waals surface area contributed by atoms with Crippen molar-refractivity contribution in [3.63, 3.8) is 0 Å². The highest BCUT2D eigenvalue weighted by molar-refractivity contribution is 5.76. The van der Waals surface area contributed by atoms with Crippen LogP contribution in [0.4, 0.5) is 0 Å². The Balaban J connectivity index is 1.60. The Kier molecular flexibility index (Phi) is 50.5. The maximum atomic E-state index is 13.3. The van der Waals surface area contributed by atoms with Gasteiger partial charge in [0.1, 0.15) is 48.8 Å². The van der Waals surface area contributed by atoms with Gasteiger partial charge >= 0.3 is 0 Å². The van der Waals surface area contributed by atoms with Crippen molar-refractivity contribution in [1.29, 1.82) is 0 Å². The van der Waals surface area contributed by atoms with E-state index in [1.54, 1.807) is 6.08 Å². The van der Waals surface area contributed by atoms with Gasteiger partial charge in [0.25, 0.3) is 0 Å². The van der Waals surface area contributed by atoms with Crippen LogP contribution in [0.5, 0.6) is 0 Å². The van der Waals surface area contributed by atoms with Crippen molar-refractivity contribution in [1.82, 2.24) is 5.32 Å². The molecule has 2 aliphatic rings. The van der Waals surface area contributed by atoms with E-state index in [1.807, 2.05) is 6.08 Å². The molecule has 0 spiro atoms. The Hall–Kier alpha value is -3.09. The summed E-state index contributed by atoms with van der Waals surface area (Å²) >= 11 is 0. The smallest absolute Gasteiger partial charge is 0.220 e. The zero-order valence-electron chi connectivity index (χ0n) is 53.1. The first-order chi connectivity index (χ1) is 41.6. The number of carbonyl (C=O) groups is 1. The summed E-state index contributed by atoms with van der Waals surface area (Å²) in [4.78, 5) is 13.3. The number of carbonyl (C=O) groups excluding carboxylic acids is 1. The third kappa shape index (κ3) is 39.5. The Morgan fingerprint density at radius 1 is 0.435 bits per heavy atom. The Morgan fingerprint density at radius 2 is 0.824 bits per heavy atom. The molecule has 14 nitrogen and oxygen atoms in total. The minimum atomic E-state index is -1.79. The topological polar surface area (TPSA) is 228 Å².